The highest BCUT2D eigenvalue weighted by molar-refractivity contribution is 5.75. The van der Waals surface area contributed by atoms with Crippen LogP contribution in [0.3, 0.4) is 0 Å². The molecule has 1 amide bonds. The van der Waals surface area contributed by atoms with Crippen molar-refractivity contribution in [1.29, 1.82) is 0 Å². The Labute approximate surface area is 82.6 Å². The molecule has 1 aromatic rings. The molecule has 0 aliphatic carbocycles. The van der Waals surface area contributed by atoms with E-state index < -0.39 is 0 Å². The van der Waals surface area contributed by atoms with Gasteiger partial charge in [0.25, 0.3) is 5.56 Å². The second kappa shape index (κ2) is 4.60. The number of hydrogen-bond donors (Lipinski definition) is 1. The topological polar surface area (TPSA) is 51.1 Å². The van der Waals surface area contributed by atoms with Gasteiger partial charge in [0, 0.05) is 18.3 Å². The first-order chi connectivity index (χ1) is 6.59. The van der Waals surface area contributed by atoms with E-state index in [1.54, 1.807) is 18.3 Å². The lowest BCUT2D eigenvalue weighted by atomic mass is 10.4. The van der Waals surface area contributed by atoms with Gasteiger partial charge in [0.1, 0.15) is 6.54 Å². The first kappa shape index (κ1) is 10.5. The minimum absolute atomic E-state index is 0.0812. The lowest BCUT2D eigenvalue weighted by Gasteiger charge is -2.09. The molecule has 0 aliphatic heterocycles. The van der Waals surface area contributed by atoms with E-state index in [9.17, 15) is 9.59 Å². The number of aromatic nitrogens is 1. The van der Waals surface area contributed by atoms with Gasteiger partial charge in [-0.25, -0.2) is 0 Å². The predicted molar refractivity (Wildman–Crippen MR) is 54.0 cm³/mol. The fraction of sp³-hybridized carbons (Fsp3) is 0.400. The van der Waals surface area contributed by atoms with Crippen LogP contribution in [0.4, 0.5) is 0 Å². The maximum Gasteiger partial charge on any atom is 0.250 e. The van der Waals surface area contributed by atoms with Crippen molar-refractivity contribution in [1.82, 2.24) is 9.88 Å². The molecular formula is C10H14N2O2. The summed E-state index contributed by atoms with van der Waals surface area (Å²) < 4.78 is 1.37. The van der Waals surface area contributed by atoms with Gasteiger partial charge in [-0.3, -0.25) is 9.59 Å². The molecule has 0 radical (unpaired) electrons. The maximum atomic E-state index is 11.3. The molecule has 1 aromatic heterocycles. The molecular weight excluding hydrogens is 180 g/mol. The third-order valence-corrected chi connectivity index (χ3v) is 1.66. The average molecular weight is 194 g/mol. The molecule has 0 atom stereocenters. The van der Waals surface area contributed by atoms with E-state index in [4.69, 9.17) is 0 Å². The van der Waals surface area contributed by atoms with E-state index in [1.807, 2.05) is 13.8 Å². The Kier molecular flexibility index (Phi) is 3.45. The lowest BCUT2D eigenvalue weighted by molar-refractivity contribution is -0.122. The molecule has 0 bridgehead atoms. The van der Waals surface area contributed by atoms with Crippen LogP contribution in [0.2, 0.25) is 0 Å². The largest absolute Gasteiger partial charge is 0.352 e. The molecule has 4 nitrogen and oxygen atoms in total. The van der Waals surface area contributed by atoms with Crippen molar-refractivity contribution in [3.8, 4) is 0 Å². The first-order valence-electron chi connectivity index (χ1n) is 4.54. The van der Waals surface area contributed by atoms with Crippen LogP contribution in [0.25, 0.3) is 0 Å². The van der Waals surface area contributed by atoms with E-state index in [-0.39, 0.29) is 24.1 Å². The van der Waals surface area contributed by atoms with Gasteiger partial charge in [0.05, 0.1) is 0 Å². The second-order valence-electron chi connectivity index (χ2n) is 3.39. The Balaban J connectivity index is 2.65. The van der Waals surface area contributed by atoms with E-state index in [1.165, 1.54) is 10.6 Å². The fourth-order valence-corrected chi connectivity index (χ4v) is 1.11. The number of rotatable bonds is 3. The minimum Gasteiger partial charge on any atom is -0.352 e. The number of amides is 1. The van der Waals surface area contributed by atoms with Crippen LogP contribution in [-0.4, -0.2) is 16.5 Å². The fourth-order valence-electron chi connectivity index (χ4n) is 1.11. The van der Waals surface area contributed by atoms with Gasteiger partial charge in [0.15, 0.2) is 0 Å². The molecule has 76 valence electrons. The predicted octanol–water partition coefficient (Wildman–Crippen LogP) is 0.373. The highest BCUT2D eigenvalue weighted by atomic mass is 16.2. The number of pyridine rings is 1. The van der Waals surface area contributed by atoms with Crippen molar-refractivity contribution < 1.29 is 4.79 Å². The molecule has 0 aliphatic rings. The smallest absolute Gasteiger partial charge is 0.250 e. The maximum absolute atomic E-state index is 11.3. The third kappa shape index (κ3) is 3.05. The zero-order valence-electron chi connectivity index (χ0n) is 8.36. The Morgan fingerprint density at radius 3 is 2.79 bits per heavy atom. The zero-order chi connectivity index (χ0) is 10.6. The quantitative estimate of drug-likeness (QED) is 0.756. The van der Waals surface area contributed by atoms with Crippen LogP contribution in [0, 0.1) is 0 Å². The second-order valence-corrected chi connectivity index (χ2v) is 3.39. The van der Waals surface area contributed by atoms with E-state index in [2.05, 4.69) is 5.32 Å². The van der Waals surface area contributed by atoms with Crippen molar-refractivity contribution in [2.24, 2.45) is 0 Å². The monoisotopic (exact) mass is 194 g/mol. The van der Waals surface area contributed by atoms with Crippen LogP contribution in [0.1, 0.15) is 13.8 Å². The Hall–Kier alpha value is -1.58. The van der Waals surface area contributed by atoms with Crippen LogP contribution in [0.15, 0.2) is 29.2 Å². The summed E-state index contributed by atoms with van der Waals surface area (Å²) >= 11 is 0. The number of nitrogens with one attached hydrogen (secondary N) is 1. The van der Waals surface area contributed by atoms with Gasteiger partial charge in [-0.15, -0.1) is 0 Å². The van der Waals surface area contributed by atoms with Crippen molar-refractivity contribution in [2.45, 2.75) is 26.4 Å². The SMILES string of the molecule is CC(C)NC(=O)Cn1ccccc1=O. The summed E-state index contributed by atoms with van der Waals surface area (Å²) in [6.07, 6.45) is 1.60. The van der Waals surface area contributed by atoms with Crippen LogP contribution in [-0.2, 0) is 11.3 Å². The Bertz CT molecular complexity index is 368. The molecule has 0 saturated heterocycles. The normalized spacial score (nSPS) is 10.2. The minimum atomic E-state index is -0.161. The third-order valence-electron chi connectivity index (χ3n) is 1.66. The van der Waals surface area contributed by atoms with Crippen molar-refractivity contribution in [3.63, 3.8) is 0 Å². The first-order valence-corrected chi connectivity index (χ1v) is 4.54. The summed E-state index contributed by atoms with van der Waals surface area (Å²) in [7, 11) is 0. The van der Waals surface area contributed by atoms with E-state index in [0.29, 0.717) is 0 Å². The summed E-state index contributed by atoms with van der Waals surface area (Å²) in [6, 6.07) is 4.91. The van der Waals surface area contributed by atoms with Gasteiger partial charge >= 0.3 is 0 Å². The molecule has 1 rings (SSSR count). The molecule has 4 heteroatoms. The van der Waals surface area contributed by atoms with Crippen molar-refractivity contribution in [3.05, 3.63) is 34.7 Å². The highest BCUT2D eigenvalue weighted by Gasteiger charge is 2.04. The standard InChI is InChI=1S/C10H14N2O2/c1-8(2)11-9(13)7-12-6-4-3-5-10(12)14/h3-6,8H,7H2,1-2H3,(H,11,13). The van der Waals surface area contributed by atoms with E-state index in [0.717, 1.165) is 0 Å². The van der Waals surface area contributed by atoms with Gasteiger partial charge in [-0.2, -0.15) is 0 Å². The lowest BCUT2D eigenvalue weighted by Crippen LogP contribution is -2.35. The van der Waals surface area contributed by atoms with Crippen LogP contribution in [0.5, 0.6) is 0 Å². The van der Waals surface area contributed by atoms with Gasteiger partial charge in [-0.05, 0) is 19.9 Å². The zero-order valence-corrected chi connectivity index (χ0v) is 8.36. The van der Waals surface area contributed by atoms with Crippen LogP contribution >= 0.6 is 0 Å². The van der Waals surface area contributed by atoms with Crippen LogP contribution < -0.4 is 10.9 Å². The summed E-state index contributed by atoms with van der Waals surface area (Å²) in [5.74, 6) is -0.145. The van der Waals surface area contributed by atoms with Gasteiger partial charge in [-0.1, -0.05) is 6.07 Å². The summed E-state index contributed by atoms with van der Waals surface area (Å²) in [6.45, 7) is 3.84. The number of hydrogen-bond acceptors (Lipinski definition) is 2. The summed E-state index contributed by atoms with van der Waals surface area (Å²) in [5, 5.41) is 2.72. The van der Waals surface area contributed by atoms with E-state index >= 15 is 0 Å². The summed E-state index contributed by atoms with van der Waals surface area (Å²) in [5.41, 5.74) is -0.161. The Morgan fingerprint density at radius 2 is 2.21 bits per heavy atom. The summed E-state index contributed by atoms with van der Waals surface area (Å²) in [4.78, 5) is 22.5. The molecule has 0 spiro atoms. The average Bonchev–Trinajstić information content (AvgIpc) is 2.07. The molecule has 1 N–H and O–H groups in total. The highest BCUT2D eigenvalue weighted by Crippen LogP contribution is 1.84. The van der Waals surface area contributed by atoms with Gasteiger partial charge in [0.2, 0.25) is 5.91 Å². The number of carbonyl (C=O) groups excluding carboxylic acids is 1. The number of nitrogens with zero attached hydrogens (tertiary/aromatic N) is 1. The Morgan fingerprint density at radius 1 is 1.50 bits per heavy atom. The van der Waals surface area contributed by atoms with Gasteiger partial charge < -0.3 is 9.88 Å². The van der Waals surface area contributed by atoms with Crippen molar-refractivity contribution >= 4 is 5.91 Å². The molecule has 14 heavy (non-hydrogen) atoms. The molecule has 1 heterocycles. The molecule has 0 aromatic carbocycles. The number of carbonyl (C=O) groups is 1. The molecule has 0 fully saturated rings. The molecule has 0 unspecified atom stereocenters. The molecule has 0 saturated carbocycles. The van der Waals surface area contributed by atoms with Crippen molar-refractivity contribution in [2.75, 3.05) is 0 Å².